The minimum absolute atomic E-state index is 0.194. The fraction of sp³-hybridized carbons (Fsp3) is 0.688. The van der Waals surface area contributed by atoms with E-state index in [0.717, 1.165) is 25.9 Å². The minimum Gasteiger partial charge on any atom is -0.354 e. The first-order valence-corrected chi connectivity index (χ1v) is 7.91. The number of pyridine rings is 1. The van der Waals surface area contributed by atoms with Gasteiger partial charge in [-0.15, -0.1) is 11.6 Å². The lowest BCUT2D eigenvalue weighted by molar-refractivity contribution is 0.220. The quantitative estimate of drug-likeness (QED) is 0.741. The van der Waals surface area contributed by atoms with Crippen molar-refractivity contribution in [3.8, 4) is 0 Å². The van der Waals surface area contributed by atoms with E-state index in [-0.39, 0.29) is 11.7 Å². The summed E-state index contributed by atoms with van der Waals surface area (Å²) in [7, 11) is 0. The second-order valence-corrected chi connectivity index (χ2v) is 6.99. The van der Waals surface area contributed by atoms with Crippen LogP contribution in [0.4, 0.5) is 10.2 Å². The molecule has 0 N–H and O–H groups in total. The third-order valence-corrected chi connectivity index (χ3v) is 4.64. The van der Waals surface area contributed by atoms with Crippen molar-refractivity contribution in [1.29, 1.82) is 0 Å². The van der Waals surface area contributed by atoms with Crippen LogP contribution in [0.1, 0.15) is 45.6 Å². The molecule has 1 aliphatic heterocycles. The Hall–Kier alpha value is -0.830. The van der Waals surface area contributed by atoms with Crippen LogP contribution in [0.5, 0.6) is 0 Å². The zero-order chi connectivity index (χ0) is 14.8. The first kappa shape index (κ1) is 15.6. The average Bonchev–Trinajstić information content (AvgIpc) is 2.64. The summed E-state index contributed by atoms with van der Waals surface area (Å²) in [5.74, 6) is 1.10. The molecule has 2 rings (SSSR count). The van der Waals surface area contributed by atoms with Crippen molar-refractivity contribution in [1.82, 2.24) is 4.98 Å². The van der Waals surface area contributed by atoms with Crippen LogP contribution in [0, 0.1) is 17.2 Å². The highest BCUT2D eigenvalue weighted by Gasteiger charge is 2.28. The minimum atomic E-state index is -0.253. The van der Waals surface area contributed by atoms with Crippen molar-refractivity contribution in [3.05, 3.63) is 23.6 Å². The van der Waals surface area contributed by atoms with Gasteiger partial charge in [-0.2, -0.15) is 0 Å². The summed E-state index contributed by atoms with van der Waals surface area (Å²) in [4.78, 5) is 6.31. The van der Waals surface area contributed by atoms with E-state index < -0.39 is 0 Å². The van der Waals surface area contributed by atoms with Crippen molar-refractivity contribution in [2.45, 2.75) is 45.9 Å². The van der Waals surface area contributed by atoms with Crippen molar-refractivity contribution in [2.75, 3.05) is 18.0 Å². The fourth-order valence-electron chi connectivity index (χ4n) is 2.97. The summed E-state index contributed by atoms with van der Waals surface area (Å²) in [6.07, 6.45) is 5.04. The third kappa shape index (κ3) is 3.43. The van der Waals surface area contributed by atoms with Gasteiger partial charge >= 0.3 is 0 Å². The number of alkyl halides is 1. The molecule has 20 heavy (non-hydrogen) atoms. The zero-order valence-corrected chi connectivity index (χ0v) is 13.4. The molecule has 1 fully saturated rings. The third-order valence-electron chi connectivity index (χ3n) is 4.35. The molecule has 4 heteroatoms. The molecular formula is C16H24ClFN2. The molecule has 1 aliphatic rings. The molecule has 2 nitrogen and oxygen atoms in total. The van der Waals surface area contributed by atoms with Crippen LogP contribution >= 0.6 is 11.6 Å². The standard InChI is InChI=1S/C16H24ClFN2/c1-16(2,3)13-5-4-9-20(10-7-13)15-14(18)12(11-17)6-8-19-15/h6,8,13H,4-5,7,9-11H2,1-3H3. The molecule has 1 aromatic rings. The number of hydrogen-bond acceptors (Lipinski definition) is 2. The predicted molar refractivity (Wildman–Crippen MR) is 82.8 cm³/mol. The molecular weight excluding hydrogens is 275 g/mol. The number of hydrogen-bond donors (Lipinski definition) is 0. The first-order valence-electron chi connectivity index (χ1n) is 7.37. The Kier molecular flexibility index (Phi) is 4.90. The Balaban J connectivity index is 2.15. The maximum Gasteiger partial charge on any atom is 0.170 e. The van der Waals surface area contributed by atoms with Gasteiger partial charge in [0.25, 0.3) is 0 Å². The summed E-state index contributed by atoms with van der Waals surface area (Å²) in [6, 6.07) is 1.65. The zero-order valence-electron chi connectivity index (χ0n) is 12.6. The first-order chi connectivity index (χ1) is 9.43. The topological polar surface area (TPSA) is 16.1 Å². The Morgan fingerprint density at radius 1 is 1.35 bits per heavy atom. The summed E-state index contributed by atoms with van der Waals surface area (Å²) in [5.41, 5.74) is 0.855. The van der Waals surface area contributed by atoms with Crippen molar-refractivity contribution in [2.24, 2.45) is 11.3 Å². The number of rotatable bonds is 2. The van der Waals surface area contributed by atoms with Gasteiger partial charge in [0.2, 0.25) is 0 Å². The lowest BCUT2D eigenvalue weighted by atomic mass is 9.77. The highest BCUT2D eigenvalue weighted by molar-refractivity contribution is 6.17. The summed E-state index contributed by atoms with van der Waals surface area (Å²) in [6.45, 7) is 8.63. The molecule has 1 aromatic heterocycles. The highest BCUT2D eigenvalue weighted by Crippen LogP contribution is 2.35. The van der Waals surface area contributed by atoms with Gasteiger partial charge in [-0.25, -0.2) is 9.37 Å². The average molecular weight is 299 g/mol. The smallest absolute Gasteiger partial charge is 0.170 e. The molecule has 1 atom stereocenters. The molecule has 0 spiro atoms. The van der Waals surface area contributed by atoms with E-state index >= 15 is 0 Å². The molecule has 0 radical (unpaired) electrons. The number of aromatic nitrogens is 1. The van der Waals surface area contributed by atoms with Gasteiger partial charge in [0, 0.05) is 24.8 Å². The second-order valence-electron chi connectivity index (χ2n) is 6.72. The summed E-state index contributed by atoms with van der Waals surface area (Å²) < 4.78 is 14.3. The van der Waals surface area contributed by atoms with Gasteiger partial charge in [0.15, 0.2) is 11.6 Å². The van der Waals surface area contributed by atoms with Crippen LogP contribution in [-0.4, -0.2) is 18.1 Å². The monoisotopic (exact) mass is 298 g/mol. The van der Waals surface area contributed by atoms with Crippen LogP contribution in [0.15, 0.2) is 12.3 Å². The van der Waals surface area contributed by atoms with Crippen LogP contribution in [0.3, 0.4) is 0 Å². The van der Waals surface area contributed by atoms with Crippen LogP contribution in [-0.2, 0) is 5.88 Å². The Bertz CT molecular complexity index is 456. The van der Waals surface area contributed by atoms with E-state index in [0.29, 0.717) is 22.7 Å². The van der Waals surface area contributed by atoms with E-state index in [1.54, 1.807) is 12.3 Å². The molecule has 0 aromatic carbocycles. The maximum absolute atomic E-state index is 14.3. The van der Waals surface area contributed by atoms with Crippen LogP contribution < -0.4 is 4.90 Å². The van der Waals surface area contributed by atoms with Gasteiger partial charge in [0.1, 0.15) is 0 Å². The highest BCUT2D eigenvalue weighted by atomic mass is 35.5. The second kappa shape index (κ2) is 6.30. The fourth-order valence-corrected chi connectivity index (χ4v) is 3.18. The van der Waals surface area contributed by atoms with E-state index in [9.17, 15) is 4.39 Å². The molecule has 1 saturated heterocycles. The number of halogens is 2. The molecule has 0 amide bonds. The van der Waals surface area contributed by atoms with Gasteiger partial charge in [-0.05, 0) is 36.7 Å². The Morgan fingerprint density at radius 3 is 2.75 bits per heavy atom. The Labute approximate surface area is 126 Å². The lowest BCUT2D eigenvalue weighted by Crippen LogP contribution is -2.27. The number of anilines is 1. The summed E-state index contributed by atoms with van der Waals surface area (Å²) in [5, 5.41) is 0. The van der Waals surface area contributed by atoms with Crippen molar-refractivity contribution in [3.63, 3.8) is 0 Å². The Morgan fingerprint density at radius 2 is 2.10 bits per heavy atom. The molecule has 0 bridgehead atoms. The SMILES string of the molecule is CC(C)(C)C1CCCN(c2nccc(CCl)c2F)CC1. The summed E-state index contributed by atoms with van der Waals surface area (Å²) >= 11 is 5.77. The van der Waals surface area contributed by atoms with E-state index in [1.165, 1.54) is 6.42 Å². The normalized spacial score (nSPS) is 20.9. The molecule has 2 heterocycles. The van der Waals surface area contributed by atoms with Crippen LogP contribution in [0.25, 0.3) is 0 Å². The van der Waals surface area contributed by atoms with E-state index in [2.05, 4.69) is 30.7 Å². The van der Waals surface area contributed by atoms with Gasteiger partial charge in [-0.3, -0.25) is 0 Å². The number of nitrogens with zero attached hydrogens (tertiary/aromatic N) is 2. The van der Waals surface area contributed by atoms with Crippen molar-refractivity contribution < 1.29 is 4.39 Å². The molecule has 1 unspecified atom stereocenters. The molecule has 0 saturated carbocycles. The molecule has 0 aliphatic carbocycles. The predicted octanol–water partition coefficient (Wildman–Crippen LogP) is 4.61. The van der Waals surface area contributed by atoms with Gasteiger partial charge in [0.05, 0.1) is 5.88 Å². The van der Waals surface area contributed by atoms with Crippen molar-refractivity contribution >= 4 is 17.4 Å². The molecule has 112 valence electrons. The lowest BCUT2D eigenvalue weighted by Gasteiger charge is -2.30. The van der Waals surface area contributed by atoms with E-state index in [4.69, 9.17) is 11.6 Å². The maximum atomic E-state index is 14.3. The largest absolute Gasteiger partial charge is 0.354 e. The van der Waals surface area contributed by atoms with Gasteiger partial charge in [-0.1, -0.05) is 20.8 Å². The van der Waals surface area contributed by atoms with Crippen LogP contribution in [0.2, 0.25) is 0 Å². The van der Waals surface area contributed by atoms with E-state index in [1.807, 2.05) is 0 Å². The van der Waals surface area contributed by atoms with Gasteiger partial charge < -0.3 is 4.90 Å².